The van der Waals surface area contributed by atoms with Gasteiger partial charge in [0.05, 0.1) is 4.92 Å². The molecular formula is C12H18N4O2. The number of aromatic nitrogens is 2. The van der Waals surface area contributed by atoms with Crippen LogP contribution >= 0.6 is 0 Å². The Balaban J connectivity index is 3.11. The van der Waals surface area contributed by atoms with E-state index in [4.69, 9.17) is 6.42 Å². The minimum atomic E-state index is -0.392. The Morgan fingerprint density at radius 2 is 2.28 bits per heavy atom. The summed E-state index contributed by atoms with van der Waals surface area (Å²) in [6.45, 7) is 3.83. The van der Waals surface area contributed by atoms with E-state index in [1.165, 1.54) is 4.68 Å². The number of anilines is 1. The Morgan fingerprint density at radius 1 is 1.61 bits per heavy atom. The van der Waals surface area contributed by atoms with Crippen LogP contribution in [0, 0.1) is 22.5 Å². The highest BCUT2D eigenvalue weighted by atomic mass is 16.6. The third-order valence-electron chi connectivity index (χ3n) is 2.81. The summed E-state index contributed by atoms with van der Waals surface area (Å²) in [5.74, 6) is 3.00. The van der Waals surface area contributed by atoms with Crippen LogP contribution in [-0.4, -0.2) is 20.7 Å². The number of nitrogens with one attached hydrogen (secondary N) is 1. The summed E-state index contributed by atoms with van der Waals surface area (Å²) >= 11 is 0. The molecule has 18 heavy (non-hydrogen) atoms. The fourth-order valence-electron chi connectivity index (χ4n) is 1.79. The predicted octanol–water partition coefficient (Wildman–Crippen LogP) is 2.10. The summed E-state index contributed by atoms with van der Waals surface area (Å²) in [6, 6.07) is 0.0220. The molecule has 0 fully saturated rings. The van der Waals surface area contributed by atoms with Crippen molar-refractivity contribution in [3.05, 3.63) is 15.8 Å². The molecule has 1 aromatic heterocycles. The lowest BCUT2D eigenvalue weighted by atomic mass is 10.1. The van der Waals surface area contributed by atoms with Gasteiger partial charge in [0.15, 0.2) is 0 Å². The van der Waals surface area contributed by atoms with Crippen LogP contribution in [0.5, 0.6) is 0 Å². The lowest BCUT2D eigenvalue weighted by Gasteiger charge is -2.14. The van der Waals surface area contributed by atoms with Gasteiger partial charge in [-0.3, -0.25) is 10.1 Å². The number of nitrogens with zero attached hydrogens (tertiary/aromatic N) is 3. The second-order valence-corrected chi connectivity index (χ2v) is 4.04. The second-order valence-electron chi connectivity index (χ2n) is 4.04. The van der Waals surface area contributed by atoms with Crippen molar-refractivity contribution in [1.82, 2.24) is 9.78 Å². The van der Waals surface area contributed by atoms with Crippen LogP contribution in [0.4, 0.5) is 11.5 Å². The minimum absolute atomic E-state index is 0.0220. The van der Waals surface area contributed by atoms with E-state index in [2.05, 4.69) is 16.3 Å². The van der Waals surface area contributed by atoms with Gasteiger partial charge < -0.3 is 5.32 Å². The minimum Gasteiger partial charge on any atom is -0.361 e. The van der Waals surface area contributed by atoms with Crippen molar-refractivity contribution in [3.63, 3.8) is 0 Å². The molecule has 0 aliphatic carbocycles. The first-order valence-electron chi connectivity index (χ1n) is 5.95. The van der Waals surface area contributed by atoms with Gasteiger partial charge in [0.2, 0.25) is 5.82 Å². The summed E-state index contributed by atoms with van der Waals surface area (Å²) in [4.78, 5) is 10.7. The molecule has 1 rings (SSSR count). The Kier molecular flexibility index (Phi) is 4.72. The molecule has 6 heteroatoms. The highest BCUT2D eigenvalue weighted by Gasteiger charge is 2.26. The molecule has 1 heterocycles. The largest absolute Gasteiger partial charge is 0.361 e. The fourth-order valence-corrected chi connectivity index (χ4v) is 1.79. The molecule has 1 aromatic rings. The van der Waals surface area contributed by atoms with Gasteiger partial charge in [0.25, 0.3) is 0 Å². The van der Waals surface area contributed by atoms with E-state index in [0.29, 0.717) is 24.4 Å². The third-order valence-corrected chi connectivity index (χ3v) is 2.81. The summed E-state index contributed by atoms with van der Waals surface area (Å²) in [5, 5.41) is 18.4. The quantitative estimate of drug-likeness (QED) is 0.476. The molecule has 0 aliphatic rings. The molecule has 0 aromatic carbocycles. The van der Waals surface area contributed by atoms with Crippen molar-refractivity contribution in [2.45, 2.75) is 39.2 Å². The van der Waals surface area contributed by atoms with Gasteiger partial charge in [0.1, 0.15) is 5.69 Å². The van der Waals surface area contributed by atoms with Gasteiger partial charge in [-0.2, -0.15) is 5.10 Å². The highest BCUT2D eigenvalue weighted by molar-refractivity contribution is 5.60. The van der Waals surface area contributed by atoms with Gasteiger partial charge >= 0.3 is 5.69 Å². The Labute approximate surface area is 107 Å². The van der Waals surface area contributed by atoms with Crippen LogP contribution in [-0.2, 0) is 13.5 Å². The van der Waals surface area contributed by atoms with Crippen LogP contribution in [0.3, 0.4) is 0 Å². The molecule has 0 saturated heterocycles. The normalized spacial score (nSPS) is 11.9. The molecule has 0 spiro atoms. The van der Waals surface area contributed by atoms with E-state index in [9.17, 15) is 10.1 Å². The molecule has 1 atom stereocenters. The third kappa shape index (κ3) is 2.80. The SMILES string of the molecule is C#CCC(CC)Nc1c([N+](=O)[O-])c(CC)nn1C. The van der Waals surface area contributed by atoms with Crippen molar-refractivity contribution in [2.24, 2.45) is 7.05 Å². The maximum Gasteiger partial charge on any atom is 0.333 e. The van der Waals surface area contributed by atoms with E-state index >= 15 is 0 Å². The van der Waals surface area contributed by atoms with Gasteiger partial charge in [0, 0.05) is 19.5 Å². The highest BCUT2D eigenvalue weighted by Crippen LogP contribution is 2.29. The van der Waals surface area contributed by atoms with Gasteiger partial charge in [-0.15, -0.1) is 12.3 Å². The maximum atomic E-state index is 11.1. The van der Waals surface area contributed by atoms with Gasteiger partial charge in [-0.25, -0.2) is 4.68 Å². The molecule has 6 nitrogen and oxygen atoms in total. The molecule has 1 N–H and O–H groups in total. The van der Waals surface area contributed by atoms with E-state index in [0.717, 1.165) is 6.42 Å². The molecule has 0 radical (unpaired) electrons. The van der Waals surface area contributed by atoms with E-state index in [1.54, 1.807) is 7.05 Å². The Bertz CT molecular complexity index is 473. The van der Waals surface area contributed by atoms with Crippen LogP contribution in [0.15, 0.2) is 0 Å². The standard InChI is InChI=1S/C12H18N4O2/c1-5-8-9(6-2)13-12-11(16(17)18)10(7-3)14-15(12)4/h1,9,13H,6-8H2,2-4H3. The van der Waals surface area contributed by atoms with Crippen molar-refractivity contribution < 1.29 is 4.92 Å². The van der Waals surface area contributed by atoms with Crippen LogP contribution in [0.1, 0.15) is 32.4 Å². The van der Waals surface area contributed by atoms with E-state index in [1.807, 2.05) is 13.8 Å². The zero-order valence-electron chi connectivity index (χ0n) is 10.9. The lowest BCUT2D eigenvalue weighted by molar-refractivity contribution is -0.384. The van der Waals surface area contributed by atoms with Gasteiger partial charge in [-0.05, 0) is 12.8 Å². The molecule has 1 unspecified atom stereocenters. The van der Waals surface area contributed by atoms with Crippen LogP contribution < -0.4 is 5.32 Å². The summed E-state index contributed by atoms with van der Waals surface area (Å²) < 4.78 is 1.51. The number of hydrogen-bond donors (Lipinski definition) is 1. The number of rotatable bonds is 6. The van der Waals surface area contributed by atoms with Crippen LogP contribution in [0.25, 0.3) is 0 Å². The first-order valence-corrected chi connectivity index (χ1v) is 5.95. The number of hydrogen-bond acceptors (Lipinski definition) is 4. The second kappa shape index (κ2) is 6.05. The van der Waals surface area contributed by atoms with E-state index < -0.39 is 4.92 Å². The Hall–Kier alpha value is -2.03. The zero-order valence-corrected chi connectivity index (χ0v) is 10.9. The number of nitro groups is 1. The summed E-state index contributed by atoms with van der Waals surface area (Å²) in [6.07, 6.45) is 7.13. The smallest absolute Gasteiger partial charge is 0.333 e. The summed E-state index contributed by atoms with van der Waals surface area (Å²) in [5.41, 5.74) is 0.538. The first-order chi connectivity index (χ1) is 8.54. The lowest BCUT2D eigenvalue weighted by Crippen LogP contribution is -2.20. The number of terminal acetylenes is 1. The predicted molar refractivity (Wildman–Crippen MR) is 70.4 cm³/mol. The fraction of sp³-hybridized carbons (Fsp3) is 0.583. The Morgan fingerprint density at radius 3 is 2.72 bits per heavy atom. The monoisotopic (exact) mass is 250 g/mol. The molecule has 0 amide bonds. The molecule has 98 valence electrons. The molecule has 0 aliphatic heterocycles. The van der Waals surface area contributed by atoms with Gasteiger partial charge in [-0.1, -0.05) is 13.8 Å². The number of aryl methyl sites for hydroxylation is 2. The maximum absolute atomic E-state index is 11.1. The van der Waals surface area contributed by atoms with Crippen molar-refractivity contribution in [3.8, 4) is 12.3 Å². The zero-order chi connectivity index (χ0) is 13.7. The van der Waals surface area contributed by atoms with Crippen molar-refractivity contribution >= 4 is 11.5 Å². The topological polar surface area (TPSA) is 73.0 Å². The van der Waals surface area contributed by atoms with Crippen LogP contribution in [0.2, 0.25) is 0 Å². The molecule has 0 saturated carbocycles. The van der Waals surface area contributed by atoms with Crippen molar-refractivity contribution in [2.75, 3.05) is 5.32 Å². The first kappa shape index (κ1) is 14.0. The molecule has 0 bridgehead atoms. The summed E-state index contributed by atoms with van der Waals surface area (Å²) in [7, 11) is 1.69. The van der Waals surface area contributed by atoms with Crippen molar-refractivity contribution in [1.29, 1.82) is 0 Å². The average molecular weight is 250 g/mol. The molecular weight excluding hydrogens is 232 g/mol. The average Bonchev–Trinajstić information content (AvgIpc) is 2.65. The van der Waals surface area contributed by atoms with E-state index in [-0.39, 0.29) is 11.7 Å².